The molecule has 7 heteroatoms. The molecule has 0 bridgehead atoms. The highest BCUT2D eigenvalue weighted by molar-refractivity contribution is 8.03. The fourth-order valence-corrected chi connectivity index (χ4v) is 4.13. The first-order chi connectivity index (χ1) is 14.5. The van der Waals surface area contributed by atoms with Crippen LogP contribution in [0.25, 0.3) is 0 Å². The van der Waals surface area contributed by atoms with Crippen molar-refractivity contribution in [1.29, 1.82) is 5.26 Å². The predicted octanol–water partition coefficient (Wildman–Crippen LogP) is 4.85. The number of thioether (sulfide) groups is 1. The monoisotopic (exact) mass is 421 g/mol. The van der Waals surface area contributed by atoms with Crippen LogP contribution in [0.5, 0.6) is 5.75 Å². The van der Waals surface area contributed by atoms with Crippen molar-refractivity contribution in [1.82, 2.24) is 5.32 Å². The van der Waals surface area contributed by atoms with Gasteiger partial charge in [0.05, 0.1) is 41.0 Å². The molecule has 6 nitrogen and oxygen atoms in total. The average Bonchev–Trinajstić information content (AvgIpc) is 3.17. The Labute approximate surface area is 180 Å². The third-order valence-electron chi connectivity index (χ3n) is 4.64. The van der Waals surface area contributed by atoms with Gasteiger partial charge < -0.3 is 19.8 Å². The summed E-state index contributed by atoms with van der Waals surface area (Å²) in [6.45, 7) is 7.40. The molecule has 0 saturated heterocycles. The van der Waals surface area contributed by atoms with Crippen molar-refractivity contribution in [2.24, 2.45) is 0 Å². The van der Waals surface area contributed by atoms with Gasteiger partial charge in [-0.05, 0) is 38.1 Å². The number of anilines is 1. The van der Waals surface area contributed by atoms with Gasteiger partial charge in [0, 0.05) is 11.4 Å². The number of methoxy groups -OCH3 is 1. The molecule has 1 aromatic heterocycles. The summed E-state index contributed by atoms with van der Waals surface area (Å²) in [7, 11) is 1.55. The lowest BCUT2D eigenvalue weighted by Crippen LogP contribution is -2.30. The Morgan fingerprint density at radius 1 is 1.37 bits per heavy atom. The lowest BCUT2D eigenvalue weighted by atomic mass is 9.85. The zero-order valence-corrected chi connectivity index (χ0v) is 17.9. The van der Waals surface area contributed by atoms with Crippen molar-refractivity contribution < 1.29 is 13.9 Å². The molecule has 0 radical (unpaired) electrons. The Morgan fingerprint density at radius 3 is 2.77 bits per heavy atom. The summed E-state index contributed by atoms with van der Waals surface area (Å²) in [6, 6.07) is 13.1. The number of nitrogens with zero attached hydrogens (tertiary/aromatic N) is 1. The number of benzene rings is 1. The number of para-hydroxylation sites is 2. The first kappa shape index (κ1) is 21.3. The van der Waals surface area contributed by atoms with Crippen LogP contribution in [0.3, 0.4) is 0 Å². The molecular weight excluding hydrogens is 398 g/mol. The van der Waals surface area contributed by atoms with Crippen LogP contribution in [0, 0.1) is 18.3 Å². The van der Waals surface area contributed by atoms with Crippen LogP contribution in [0.2, 0.25) is 0 Å². The average molecular weight is 422 g/mol. The molecule has 1 aliphatic rings. The van der Waals surface area contributed by atoms with E-state index in [1.54, 1.807) is 25.3 Å². The number of carbonyl (C=O) groups excluding carboxylic acids is 1. The third kappa shape index (κ3) is 4.29. The van der Waals surface area contributed by atoms with Gasteiger partial charge in [0.15, 0.2) is 0 Å². The van der Waals surface area contributed by atoms with Crippen LogP contribution >= 0.6 is 11.8 Å². The first-order valence-electron chi connectivity index (χ1n) is 9.36. The number of ether oxygens (including phenoxy) is 1. The van der Waals surface area contributed by atoms with Crippen molar-refractivity contribution >= 4 is 23.4 Å². The number of hydrogen-bond donors (Lipinski definition) is 2. The molecule has 3 rings (SSSR count). The second-order valence-electron chi connectivity index (χ2n) is 6.65. The quantitative estimate of drug-likeness (QED) is 0.622. The number of rotatable bonds is 7. The summed E-state index contributed by atoms with van der Waals surface area (Å²) in [5.74, 6) is 1.50. The minimum atomic E-state index is -0.619. The zero-order chi connectivity index (χ0) is 21.7. The fraction of sp³-hybridized carbons (Fsp3) is 0.217. The summed E-state index contributed by atoms with van der Waals surface area (Å²) in [6.07, 6.45) is 1.77. The number of dihydropyridines is 1. The zero-order valence-electron chi connectivity index (χ0n) is 17.1. The largest absolute Gasteiger partial charge is 0.495 e. The number of nitrogens with one attached hydrogen (secondary N) is 2. The van der Waals surface area contributed by atoms with Gasteiger partial charge in [0.1, 0.15) is 17.3 Å². The summed E-state index contributed by atoms with van der Waals surface area (Å²) in [5, 5.41) is 16.8. The van der Waals surface area contributed by atoms with Crippen molar-refractivity contribution in [2.45, 2.75) is 19.8 Å². The molecule has 2 aromatic rings. The van der Waals surface area contributed by atoms with Gasteiger partial charge in [-0.15, -0.1) is 18.3 Å². The number of nitriles is 1. The molecule has 1 amide bonds. The Kier molecular flexibility index (Phi) is 6.70. The molecule has 0 aliphatic carbocycles. The van der Waals surface area contributed by atoms with Crippen molar-refractivity contribution in [3.8, 4) is 11.8 Å². The molecule has 154 valence electrons. The van der Waals surface area contributed by atoms with E-state index >= 15 is 0 Å². The fourth-order valence-electron chi connectivity index (χ4n) is 3.30. The van der Waals surface area contributed by atoms with Gasteiger partial charge in [-0.25, -0.2) is 0 Å². The minimum Gasteiger partial charge on any atom is -0.495 e. The maximum atomic E-state index is 13.4. The van der Waals surface area contributed by atoms with E-state index in [2.05, 4.69) is 23.3 Å². The topological polar surface area (TPSA) is 87.3 Å². The maximum Gasteiger partial charge on any atom is 0.254 e. The Morgan fingerprint density at radius 2 is 2.13 bits per heavy atom. The molecule has 1 aliphatic heterocycles. The number of carbonyl (C=O) groups is 1. The van der Waals surface area contributed by atoms with E-state index in [4.69, 9.17) is 9.15 Å². The molecule has 0 saturated carbocycles. The smallest absolute Gasteiger partial charge is 0.254 e. The van der Waals surface area contributed by atoms with Crippen LogP contribution in [-0.2, 0) is 4.79 Å². The lowest BCUT2D eigenvalue weighted by molar-refractivity contribution is -0.113. The first-order valence-corrected chi connectivity index (χ1v) is 10.3. The number of amides is 1. The van der Waals surface area contributed by atoms with Crippen molar-refractivity contribution in [2.75, 3.05) is 18.2 Å². The van der Waals surface area contributed by atoms with Crippen LogP contribution < -0.4 is 15.4 Å². The van der Waals surface area contributed by atoms with Gasteiger partial charge in [-0.1, -0.05) is 18.2 Å². The predicted molar refractivity (Wildman–Crippen MR) is 119 cm³/mol. The normalized spacial score (nSPS) is 16.0. The summed E-state index contributed by atoms with van der Waals surface area (Å²) in [4.78, 5) is 13.4. The van der Waals surface area contributed by atoms with Gasteiger partial charge in [-0.2, -0.15) is 5.26 Å². The van der Waals surface area contributed by atoms with Crippen molar-refractivity contribution in [3.63, 3.8) is 0 Å². The molecule has 30 heavy (non-hydrogen) atoms. The lowest BCUT2D eigenvalue weighted by Gasteiger charge is -2.28. The van der Waals surface area contributed by atoms with Crippen LogP contribution in [0.1, 0.15) is 24.4 Å². The molecular formula is C23H23N3O3S. The van der Waals surface area contributed by atoms with Gasteiger partial charge in [0.2, 0.25) is 0 Å². The van der Waals surface area contributed by atoms with Crippen LogP contribution in [0.15, 0.2) is 75.3 Å². The van der Waals surface area contributed by atoms with E-state index in [1.807, 2.05) is 38.1 Å². The molecule has 0 fully saturated rings. The van der Waals surface area contributed by atoms with E-state index in [1.165, 1.54) is 11.8 Å². The van der Waals surface area contributed by atoms with Gasteiger partial charge in [0.25, 0.3) is 5.91 Å². The van der Waals surface area contributed by atoms with E-state index in [0.29, 0.717) is 50.6 Å². The standard InChI is InChI=1S/C23H23N3O3S/c1-5-12-30-23-16(13-24)21(19-11-10-14(2)29-19)20(15(3)25-23)22(27)26-17-8-6-7-9-18(17)28-4/h5-11,21,25H,1,12H2,2-4H3,(H,26,27)/t21-/m1/s1. The third-order valence-corrected chi connectivity index (χ3v) is 5.65. The molecule has 1 atom stereocenters. The molecule has 0 spiro atoms. The molecule has 0 unspecified atom stereocenters. The number of aryl methyl sites for hydroxylation is 1. The Bertz CT molecular complexity index is 1080. The second-order valence-corrected chi connectivity index (χ2v) is 7.68. The number of furan rings is 1. The van der Waals surface area contributed by atoms with E-state index in [0.717, 1.165) is 0 Å². The summed E-state index contributed by atoms with van der Waals surface area (Å²) < 4.78 is 11.2. The summed E-state index contributed by atoms with van der Waals surface area (Å²) in [5.41, 5.74) is 2.07. The van der Waals surface area contributed by atoms with Crippen LogP contribution in [0.4, 0.5) is 5.69 Å². The highest BCUT2D eigenvalue weighted by Crippen LogP contribution is 2.41. The van der Waals surface area contributed by atoms with E-state index in [-0.39, 0.29) is 5.91 Å². The van der Waals surface area contributed by atoms with Gasteiger partial charge >= 0.3 is 0 Å². The van der Waals surface area contributed by atoms with E-state index < -0.39 is 5.92 Å². The maximum absolute atomic E-state index is 13.4. The second kappa shape index (κ2) is 9.42. The molecule has 1 aromatic carbocycles. The Balaban J connectivity index is 2.05. The highest BCUT2D eigenvalue weighted by Gasteiger charge is 2.36. The van der Waals surface area contributed by atoms with Gasteiger partial charge in [-0.3, -0.25) is 4.79 Å². The molecule has 2 heterocycles. The highest BCUT2D eigenvalue weighted by atomic mass is 32.2. The number of allylic oxidation sites excluding steroid dienone is 2. The molecule has 2 N–H and O–H groups in total. The minimum absolute atomic E-state index is 0.330. The van der Waals surface area contributed by atoms with Crippen LogP contribution in [-0.4, -0.2) is 18.8 Å². The van der Waals surface area contributed by atoms with Crippen molar-refractivity contribution in [3.05, 3.63) is 82.4 Å². The number of hydrogen-bond acceptors (Lipinski definition) is 6. The van der Waals surface area contributed by atoms with E-state index in [9.17, 15) is 10.1 Å². The summed E-state index contributed by atoms with van der Waals surface area (Å²) >= 11 is 1.46. The Hall–Kier alpha value is -3.37. The SMILES string of the molecule is C=CCSC1=C(C#N)[C@H](c2ccc(C)o2)C(C(=O)Nc2ccccc2OC)=C(C)N1.